The van der Waals surface area contributed by atoms with E-state index >= 15 is 0 Å². The summed E-state index contributed by atoms with van der Waals surface area (Å²) in [6.45, 7) is 4.70. The van der Waals surface area contributed by atoms with Crippen molar-refractivity contribution in [2.24, 2.45) is 0 Å². The number of hydrogen-bond acceptors (Lipinski definition) is 2. The SMILES string of the molecule is CCCCNC(=O)C(CC)N(Cc1ccc(Cl)c(Cl)c1)C(=O)Cc1c(Cl)cccc1Cl. The van der Waals surface area contributed by atoms with Gasteiger partial charge in [0.1, 0.15) is 6.04 Å². The van der Waals surface area contributed by atoms with E-state index in [1.165, 1.54) is 0 Å². The van der Waals surface area contributed by atoms with Gasteiger partial charge in [0.05, 0.1) is 16.5 Å². The van der Waals surface area contributed by atoms with Gasteiger partial charge in [0, 0.05) is 23.1 Å². The molecule has 0 bridgehead atoms. The minimum Gasteiger partial charge on any atom is -0.354 e. The molecule has 0 aliphatic carbocycles. The van der Waals surface area contributed by atoms with Crippen LogP contribution in [0.1, 0.15) is 44.2 Å². The van der Waals surface area contributed by atoms with E-state index in [0.29, 0.717) is 38.6 Å². The number of carbonyl (C=O) groups excluding carboxylic acids is 2. The molecule has 0 aliphatic heterocycles. The molecule has 1 unspecified atom stereocenters. The Labute approximate surface area is 203 Å². The lowest BCUT2D eigenvalue weighted by Crippen LogP contribution is -2.49. The Morgan fingerprint density at radius 3 is 2.23 bits per heavy atom. The Bertz CT molecular complexity index is 900. The van der Waals surface area contributed by atoms with Gasteiger partial charge in [-0.1, -0.05) is 78.8 Å². The molecule has 8 heteroatoms. The van der Waals surface area contributed by atoms with E-state index in [9.17, 15) is 9.59 Å². The minimum atomic E-state index is -0.639. The van der Waals surface area contributed by atoms with Crippen LogP contribution in [-0.4, -0.2) is 29.3 Å². The summed E-state index contributed by atoms with van der Waals surface area (Å²) < 4.78 is 0. The van der Waals surface area contributed by atoms with Gasteiger partial charge in [-0.3, -0.25) is 9.59 Å². The third kappa shape index (κ3) is 7.28. The Morgan fingerprint density at radius 1 is 0.968 bits per heavy atom. The van der Waals surface area contributed by atoms with Crippen molar-refractivity contribution in [2.45, 2.75) is 52.1 Å². The number of benzene rings is 2. The standard InChI is InChI=1S/C23H26Cl4N2O2/c1-3-5-11-28-23(31)21(4-2)29(14-15-9-10-19(26)20(27)12-15)22(30)13-16-17(24)7-6-8-18(16)25/h6-10,12,21H,3-5,11,13-14H2,1-2H3,(H,28,31). The first kappa shape index (κ1) is 25.8. The summed E-state index contributed by atoms with van der Waals surface area (Å²) in [5.74, 6) is -0.437. The number of carbonyl (C=O) groups is 2. The quantitative estimate of drug-likeness (QED) is 0.373. The number of unbranched alkanes of at least 4 members (excludes halogenated alkanes) is 1. The number of amides is 2. The first-order chi connectivity index (χ1) is 14.8. The van der Waals surface area contributed by atoms with Crippen LogP contribution >= 0.6 is 46.4 Å². The van der Waals surface area contributed by atoms with Gasteiger partial charge in [0.25, 0.3) is 0 Å². The highest BCUT2D eigenvalue weighted by Gasteiger charge is 2.29. The summed E-state index contributed by atoms with van der Waals surface area (Å²) in [7, 11) is 0. The number of rotatable bonds is 10. The van der Waals surface area contributed by atoms with Crippen molar-refractivity contribution in [3.63, 3.8) is 0 Å². The second kappa shape index (κ2) is 12.5. The average molecular weight is 504 g/mol. The van der Waals surface area contributed by atoms with Gasteiger partial charge in [-0.25, -0.2) is 0 Å². The van der Waals surface area contributed by atoms with Crippen molar-refractivity contribution >= 4 is 58.2 Å². The number of nitrogens with one attached hydrogen (secondary N) is 1. The molecule has 1 atom stereocenters. The van der Waals surface area contributed by atoms with Crippen LogP contribution in [0.4, 0.5) is 0 Å². The molecule has 0 saturated heterocycles. The topological polar surface area (TPSA) is 49.4 Å². The van der Waals surface area contributed by atoms with E-state index in [-0.39, 0.29) is 24.8 Å². The van der Waals surface area contributed by atoms with Gasteiger partial charge in [-0.05, 0) is 48.2 Å². The summed E-state index contributed by atoms with van der Waals surface area (Å²) in [6.07, 6.45) is 2.28. The molecule has 168 valence electrons. The van der Waals surface area contributed by atoms with E-state index in [1.807, 2.05) is 6.92 Å². The van der Waals surface area contributed by atoms with Crippen molar-refractivity contribution in [1.29, 1.82) is 0 Å². The second-order valence-corrected chi connectivity index (χ2v) is 8.84. The Kier molecular flexibility index (Phi) is 10.4. The fourth-order valence-electron chi connectivity index (χ4n) is 3.21. The number of nitrogens with zero attached hydrogens (tertiary/aromatic N) is 1. The maximum absolute atomic E-state index is 13.4. The van der Waals surface area contributed by atoms with Gasteiger partial charge in [0.2, 0.25) is 11.8 Å². The molecule has 2 amide bonds. The normalized spacial score (nSPS) is 11.8. The first-order valence-electron chi connectivity index (χ1n) is 10.2. The molecule has 4 nitrogen and oxygen atoms in total. The third-order valence-electron chi connectivity index (χ3n) is 4.94. The molecule has 2 rings (SSSR count). The van der Waals surface area contributed by atoms with E-state index in [0.717, 1.165) is 18.4 Å². The van der Waals surface area contributed by atoms with Crippen LogP contribution in [0.5, 0.6) is 0 Å². The number of hydrogen-bond donors (Lipinski definition) is 1. The van der Waals surface area contributed by atoms with Crippen molar-refractivity contribution in [3.8, 4) is 0 Å². The molecule has 0 aliphatic rings. The number of halogens is 4. The minimum absolute atomic E-state index is 0.0153. The molecule has 2 aromatic rings. The van der Waals surface area contributed by atoms with Crippen molar-refractivity contribution < 1.29 is 9.59 Å². The molecule has 0 saturated carbocycles. The Balaban J connectivity index is 2.33. The molecular weight excluding hydrogens is 478 g/mol. The molecule has 1 N–H and O–H groups in total. The largest absolute Gasteiger partial charge is 0.354 e. The summed E-state index contributed by atoms with van der Waals surface area (Å²) in [4.78, 5) is 27.8. The summed E-state index contributed by atoms with van der Waals surface area (Å²) >= 11 is 24.7. The van der Waals surface area contributed by atoms with Crippen LogP contribution < -0.4 is 5.32 Å². The van der Waals surface area contributed by atoms with E-state index < -0.39 is 6.04 Å². The molecule has 0 radical (unpaired) electrons. The van der Waals surface area contributed by atoms with Crippen LogP contribution in [0, 0.1) is 0 Å². The van der Waals surface area contributed by atoms with Gasteiger partial charge < -0.3 is 10.2 Å². The van der Waals surface area contributed by atoms with Crippen LogP contribution in [0.25, 0.3) is 0 Å². The smallest absolute Gasteiger partial charge is 0.242 e. The van der Waals surface area contributed by atoms with Crippen molar-refractivity contribution in [3.05, 3.63) is 67.6 Å². The molecule has 2 aromatic carbocycles. The van der Waals surface area contributed by atoms with Gasteiger partial charge in [0.15, 0.2) is 0 Å². The maximum atomic E-state index is 13.4. The van der Waals surface area contributed by atoms with E-state index in [4.69, 9.17) is 46.4 Å². The lowest BCUT2D eigenvalue weighted by molar-refractivity contribution is -0.140. The summed E-state index contributed by atoms with van der Waals surface area (Å²) in [5, 5.41) is 4.57. The predicted molar refractivity (Wildman–Crippen MR) is 129 cm³/mol. The van der Waals surface area contributed by atoms with Crippen molar-refractivity contribution in [2.75, 3.05) is 6.54 Å². The molecule has 0 aromatic heterocycles. The van der Waals surface area contributed by atoms with Gasteiger partial charge in [-0.2, -0.15) is 0 Å². The van der Waals surface area contributed by atoms with Crippen LogP contribution in [0.15, 0.2) is 36.4 Å². The first-order valence-corrected chi connectivity index (χ1v) is 11.7. The molecule has 0 fully saturated rings. The Hall–Kier alpha value is -1.46. The summed E-state index contributed by atoms with van der Waals surface area (Å²) in [6, 6.07) is 9.63. The van der Waals surface area contributed by atoms with E-state index in [1.54, 1.807) is 41.3 Å². The average Bonchev–Trinajstić information content (AvgIpc) is 2.73. The monoisotopic (exact) mass is 502 g/mol. The second-order valence-electron chi connectivity index (χ2n) is 7.22. The van der Waals surface area contributed by atoms with E-state index in [2.05, 4.69) is 12.2 Å². The molecular formula is C23H26Cl4N2O2. The highest BCUT2D eigenvalue weighted by atomic mass is 35.5. The molecule has 0 heterocycles. The Morgan fingerprint density at radius 2 is 1.65 bits per heavy atom. The van der Waals surface area contributed by atoms with Gasteiger partial charge in [-0.15, -0.1) is 0 Å². The van der Waals surface area contributed by atoms with Gasteiger partial charge >= 0.3 is 0 Å². The highest BCUT2D eigenvalue weighted by molar-refractivity contribution is 6.42. The zero-order valence-corrected chi connectivity index (χ0v) is 20.6. The lowest BCUT2D eigenvalue weighted by atomic mass is 10.1. The van der Waals surface area contributed by atoms with Crippen LogP contribution in [-0.2, 0) is 22.6 Å². The fraction of sp³-hybridized carbons (Fsp3) is 0.391. The lowest BCUT2D eigenvalue weighted by Gasteiger charge is -2.31. The maximum Gasteiger partial charge on any atom is 0.242 e. The zero-order chi connectivity index (χ0) is 23.0. The predicted octanol–water partition coefficient (Wildman–Crippen LogP) is 6.57. The van der Waals surface area contributed by atoms with Crippen LogP contribution in [0.3, 0.4) is 0 Å². The third-order valence-corrected chi connectivity index (χ3v) is 6.39. The molecule has 0 spiro atoms. The highest BCUT2D eigenvalue weighted by Crippen LogP contribution is 2.27. The van der Waals surface area contributed by atoms with Crippen LogP contribution in [0.2, 0.25) is 20.1 Å². The fourth-order valence-corrected chi connectivity index (χ4v) is 4.07. The zero-order valence-electron chi connectivity index (χ0n) is 17.6. The summed E-state index contributed by atoms with van der Waals surface area (Å²) in [5.41, 5.74) is 1.31. The molecule has 31 heavy (non-hydrogen) atoms. The van der Waals surface area contributed by atoms with Crippen molar-refractivity contribution in [1.82, 2.24) is 10.2 Å².